The average Bonchev–Trinajstić information content (AvgIpc) is 1.84. The minimum atomic E-state index is -1.16. The number of hydrogen-bond donors (Lipinski definition) is 0. The van der Waals surface area contributed by atoms with Gasteiger partial charge < -0.3 is 9.31 Å². The molecule has 1 heterocycles. The predicted molar refractivity (Wildman–Crippen MR) is 31.7 cm³/mol. The molecule has 10 heavy (non-hydrogen) atoms. The molecule has 1 aliphatic rings. The van der Waals surface area contributed by atoms with Gasteiger partial charge in [0.1, 0.15) is 0 Å². The van der Waals surface area contributed by atoms with E-state index in [4.69, 9.17) is 0 Å². The Labute approximate surface area is 58.8 Å². The summed E-state index contributed by atoms with van der Waals surface area (Å²) in [6.07, 6.45) is 0. The molecule has 5 heteroatoms. The first-order chi connectivity index (χ1) is 4.55. The number of carbonyl (C=O) groups is 2. The molecule has 0 unspecified atom stereocenters. The smallest absolute Gasteiger partial charge is 0.499 e. The molecule has 0 bridgehead atoms. The van der Waals surface area contributed by atoms with Crippen LogP contribution in [0.3, 0.4) is 0 Å². The molecule has 0 amide bonds. The zero-order chi connectivity index (χ0) is 7.78. The van der Waals surface area contributed by atoms with E-state index in [9.17, 15) is 9.59 Å². The van der Waals surface area contributed by atoms with Crippen molar-refractivity contribution < 1.29 is 18.9 Å². The summed E-state index contributed by atoms with van der Waals surface area (Å²) in [5.41, 5.74) is -1.16. The summed E-state index contributed by atoms with van der Waals surface area (Å²) < 4.78 is 8.71. The summed E-state index contributed by atoms with van der Waals surface area (Å²) in [6, 6.07) is 0. The molecule has 0 aliphatic carbocycles. The van der Waals surface area contributed by atoms with Crippen molar-refractivity contribution in [1.82, 2.24) is 0 Å². The Morgan fingerprint density at radius 2 is 1.60 bits per heavy atom. The van der Waals surface area contributed by atoms with Gasteiger partial charge in [0.2, 0.25) is 0 Å². The molecule has 4 nitrogen and oxygen atoms in total. The lowest BCUT2D eigenvalue weighted by Gasteiger charge is -2.24. The Balaban J connectivity index is 2.83. The predicted octanol–water partition coefficient (Wildman–Crippen LogP) is -0.353. The van der Waals surface area contributed by atoms with Crippen LogP contribution in [-0.2, 0) is 18.9 Å². The Hall–Kier alpha value is -0.995. The number of rotatable bonds is 0. The summed E-state index contributed by atoms with van der Waals surface area (Å²) in [6.45, 7) is 2.90. The minimum Gasteiger partial charge on any atom is -0.499 e. The highest BCUT2D eigenvalue weighted by Gasteiger charge is 2.43. The van der Waals surface area contributed by atoms with Crippen molar-refractivity contribution >= 4 is 19.6 Å². The van der Waals surface area contributed by atoms with E-state index in [1.54, 1.807) is 0 Å². The third kappa shape index (κ3) is 0.874. The van der Waals surface area contributed by atoms with Crippen LogP contribution >= 0.6 is 0 Å². The summed E-state index contributed by atoms with van der Waals surface area (Å²) >= 11 is 0. The molecular formula is C5H6BO4. The van der Waals surface area contributed by atoms with Crippen LogP contribution in [0.1, 0.15) is 13.8 Å². The van der Waals surface area contributed by atoms with Crippen LogP contribution in [0.5, 0.6) is 0 Å². The maximum absolute atomic E-state index is 10.8. The van der Waals surface area contributed by atoms with Gasteiger partial charge in [-0.25, -0.2) is 0 Å². The quantitative estimate of drug-likeness (QED) is 0.341. The van der Waals surface area contributed by atoms with E-state index in [0.717, 1.165) is 7.69 Å². The average molecular weight is 141 g/mol. The molecule has 0 N–H and O–H groups in total. The fourth-order valence-corrected chi connectivity index (χ4v) is 0.489. The number of hydrogen-bond acceptors (Lipinski definition) is 4. The topological polar surface area (TPSA) is 52.6 Å². The van der Waals surface area contributed by atoms with Crippen LogP contribution in [0.2, 0.25) is 0 Å². The first-order valence-corrected chi connectivity index (χ1v) is 2.79. The van der Waals surface area contributed by atoms with Crippen molar-refractivity contribution in [1.29, 1.82) is 0 Å². The Morgan fingerprint density at radius 1 is 1.20 bits per heavy atom. The summed E-state index contributed by atoms with van der Waals surface area (Å²) in [7, 11) is 0.746. The second-order valence-electron chi connectivity index (χ2n) is 2.53. The van der Waals surface area contributed by atoms with Crippen LogP contribution in [0.25, 0.3) is 0 Å². The van der Waals surface area contributed by atoms with Crippen molar-refractivity contribution in [2.75, 3.05) is 0 Å². The molecule has 0 aromatic rings. The molecule has 1 rings (SSSR count). The van der Waals surface area contributed by atoms with E-state index in [0.29, 0.717) is 0 Å². The Kier molecular flexibility index (Phi) is 1.43. The molecule has 53 valence electrons. The van der Waals surface area contributed by atoms with E-state index in [1.165, 1.54) is 13.8 Å². The zero-order valence-corrected chi connectivity index (χ0v) is 5.71. The normalized spacial score (nSPS) is 22.6. The van der Waals surface area contributed by atoms with Crippen LogP contribution < -0.4 is 0 Å². The molecule has 1 radical (unpaired) electrons. The monoisotopic (exact) mass is 141 g/mol. The van der Waals surface area contributed by atoms with Gasteiger partial charge in [-0.15, -0.1) is 0 Å². The first kappa shape index (κ1) is 7.12. The molecule has 0 atom stereocenters. The summed E-state index contributed by atoms with van der Waals surface area (Å²) in [5.74, 6) is -1.16. The van der Waals surface area contributed by atoms with Gasteiger partial charge in [0, 0.05) is 0 Å². The molecule has 0 spiro atoms. The molecule has 0 saturated carbocycles. The fraction of sp³-hybridized carbons (Fsp3) is 0.600. The maximum Gasteiger partial charge on any atom is 0.662 e. The summed E-state index contributed by atoms with van der Waals surface area (Å²) in [5, 5.41) is 0. The molecule has 1 saturated heterocycles. The highest BCUT2D eigenvalue weighted by atomic mass is 16.6. The third-order valence-electron chi connectivity index (χ3n) is 1.33. The van der Waals surface area contributed by atoms with E-state index in [1.807, 2.05) is 0 Å². The second kappa shape index (κ2) is 2.00. The van der Waals surface area contributed by atoms with Gasteiger partial charge in [-0.1, -0.05) is 0 Å². The Morgan fingerprint density at radius 3 is 1.90 bits per heavy atom. The standard InChI is InChI=1S/C5H6BO4/c1-5(2)3(7)9-6-10-4(5)8/h1-2H3. The highest BCUT2D eigenvalue weighted by Crippen LogP contribution is 2.21. The van der Waals surface area contributed by atoms with Gasteiger partial charge in [0.05, 0.1) is 0 Å². The minimum absolute atomic E-state index is 0.580. The number of carbonyl (C=O) groups excluding carboxylic acids is 2. The van der Waals surface area contributed by atoms with Gasteiger partial charge in [-0.3, -0.25) is 9.59 Å². The molecule has 1 fully saturated rings. The van der Waals surface area contributed by atoms with E-state index in [2.05, 4.69) is 9.31 Å². The SMILES string of the molecule is CC1(C)C(=O)O[B]OC1=O. The fourth-order valence-electron chi connectivity index (χ4n) is 0.489. The maximum atomic E-state index is 10.8. The van der Waals surface area contributed by atoms with Crippen LogP contribution in [-0.4, -0.2) is 19.6 Å². The summed E-state index contributed by atoms with van der Waals surface area (Å²) in [4.78, 5) is 21.5. The Bertz CT molecular complexity index is 168. The van der Waals surface area contributed by atoms with Gasteiger partial charge in [0.25, 0.3) is 0 Å². The molecule has 0 aromatic carbocycles. The van der Waals surface area contributed by atoms with Crippen LogP contribution in [0.15, 0.2) is 0 Å². The van der Waals surface area contributed by atoms with Gasteiger partial charge in [-0.05, 0) is 13.8 Å². The lowest BCUT2D eigenvalue weighted by molar-refractivity contribution is -0.165. The zero-order valence-electron chi connectivity index (χ0n) is 5.71. The van der Waals surface area contributed by atoms with Crippen molar-refractivity contribution in [3.05, 3.63) is 0 Å². The van der Waals surface area contributed by atoms with Gasteiger partial charge >= 0.3 is 19.6 Å². The van der Waals surface area contributed by atoms with Crippen molar-refractivity contribution in [3.63, 3.8) is 0 Å². The lowest BCUT2D eigenvalue weighted by Crippen LogP contribution is -2.43. The van der Waals surface area contributed by atoms with E-state index in [-0.39, 0.29) is 0 Å². The second-order valence-corrected chi connectivity index (χ2v) is 2.53. The van der Waals surface area contributed by atoms with Crippen molar-refractivity contribution in [2.24, 2.45) is 5.41 Å². The highest BCUT2D eigenvalue weighted by molar-refractivity contribution is 6.31. The molecule has 1 aliphatic heterocycles. The van der Waals surface area contributed by atoms with Gasteiger partial charge in [0.15, 0.2) is 5.41 Å². The third-order valence-corrected chi connectivity index (χ3v) is 1.33. The van der Waals surface area contributed by atoms with Crippen molar-refractivity contribution in [3.8, 4) is 0 Å². The first-order valence-electron chi connectivity index (χ1n) is 2.79. The molecule has 0 aromatic heterocycles. The van der Waals surface area contributed by atoms with E-state index >= 15 is 0 Å². The van der Waals surface area contributed by atoms with Gasteiger partial charge in [-0.2, -0.15) is 0 Å². The van der Waals surface area contributed by atoms with Crippen LogP contribution in [0, 0.1) is 5.41 Å². The van der Waals surface area contributed by atoms with Crippen molar-refractivity contribution in [2.45, 2.75) is 13.8 Å². The van der Waals surface area contributed by atoms with E-state index < -0.39 is 17.4 Å². The lowest BCUT2D eigenvalue weighted by atomic mass is 9.92. The largest absolute Gasteiger partial charge is 0.662 e. The molecular weight excluding hydrogens is 135 g/mol. The van der Waals surface area contributed by atoms with Crippen LogP contribution in [0.4, 0.5) is 0 Å².